The van der Waals surface area contributed by atoms with Crippen molar-refractivity contribution in [2.45, 2.75) is 31.8 Å². The third-order valence-corrected chi connectivity index (χ3v) is 4.70. The fraction of sp³-hybridized carbons (Fsp3) is 0.333. The average molecular weight is 308 g/mol. The van der Waals surface area contributed by atoms with E-state index in [-0.39, 0.29) is 5.60 Å². The SMILES string of the molecule is CCOc1ccc(C2=CCC(OC)(c3ccccc3)CC2)cc1. The maximum absolute atomic E-state index is 5.94. The molecule has 120 valence electrons. The number of methoxy groups -OCH3 is 1. The van der Waals surface area contributed by atoms with Crippen LogP contribution in [0.3, 0.4) is 0 Å². The van der Waals surface area contributed by atoms with Gasteiger partial charge in [-0.25, -0.2) is 0 Å². The molecular formula is C21H24O2. The highest BCUT2D eigenvalue weighted by atomic mass is 16.5. The van der Waals surface area contributed by atoms with E-state index >= 15 is 0 Å². The first-order valence-corrected chi connectivity index (χ1v) is 8.30. The predicted molar refractivity (Wildman–Crippen MR) is 94.6 cm³/mol. The fourth-order valence-corrected chi connectivity index (χ4v) is 3.33. The Labute approximate surface area is 138 Å². The third-order valence-electron chi connectivity index (χ3n) is 4.70. The van der Waals surface area contributed by atoms with Crippen LogP contribution in [-0.4, -0.2) is 13.7 Å². The summed E-state index contributed by atoms with van der Waals surface area (Å²) in [4.78, 5) is 0. The minimum absolute atomic E-state index is 0.185. The molecule has 3 rings (SSSR count). The maximum atomic E-state index is 5.94. The molecule has 0 aromatic heterocycles. The van der Waals surface area contributed by atoms with Gasteiger partial charge in [0.25, 0.3) is 0 Å². The Bertz CT molecular complexity index is 658. The number of rotatable bonds is 5. The van der Waals surface area contributed by atoms with Gasteiger partial charge in [-0.1, -0.05) is 48.5 Å². The lowest BCUT2D eigenvalue weighted by Crippen LogP contribution is -2.30. The highest BCUT2D eigenvalue weighted by molar-refractivity contribution is 5.67. The Hall–Kier alpha value is -2.06. The zero-order chi connectivity index (χ0) is 16.1. The van der Waals surface area contributed by atoms with Crippen LogP contribution >= 0.6 is 0 Å². The molecule has 1 aliphatic rings. The fourth-order valence-electron chi connectivity index (χ4n) is 3.33. The van der Waals surface area contributed by atoms with Gasteiger partial charge in [-0.05, 0) is 55.0 Å². The molecule has 23 heavy (non-hydrogen) atoms. The second-order valence-electron chi connectivity index (χ2n) is 5.96. The van der Waals surface area contributed by atoms with E-state index in [1.807, 2.05) is 14.0 Å². The average Bonchev–Trinajstić information content (AvgIpc) is 2.63. The highest BCUT2D eigenvalue weighted by Crippen LogP contribution is 2.41. The molecular weight excluding hydrogens is 284 g/mol. The standard InChI is InChI=1S/C21H24O2/c1-3-23-20-11-9-17(10-12-20)18-13-15-21(22-2,16-14-18)19-7-5-4-6-8-19/h4-13H,3,14-16H2,1-2H3. The summed E-state index contributed by atoms with van der Waals surface area (Å²) in [7, 11) is 1.82. The topological polar surface area (TPSA) is 18.5 Å². The number of allylic oxidation sites excluding steroid dienone is 1. The van der Waals surface area contributed by atoms with Gasteiger partial charge in [-0.3, -0.25) is 0 Å². The van der Waals surface area contributed by atoms with E-state index in [1.165, 1.54) is 16.7 Å². The van der Waals surface area contributed by atoms with E-state index in [0.717, 1.165) is 25.0 Å². The maximum Gasteiger partial charge on any atom is 0.119 e. The summed E-state index contributed by atoms with van der Waals surface area (Å²) in [5.41, 5.74) is 3.77. The Kier molecular flexibility index (Phi) is 4.82. The van der Waals surface area contributed by atoms with Crippen molar-refractivity contribution in [3.8, 4) is 5.75 Å². The lowest BCUT2D eigenvalue weighted by Gasteiger charge is -2.36. The molecule has 0 heterocycles. The van der Waals surface area contributed by atoms with Gasteiger partial charge < -0.3 is 9.47 Å². The summed E-state index contributed by atoms with van der Waals surface area (Å²) in [6, 6.07) is 19.0. The van der Waals surface area contributed by atoms with E-state index in [1.54, 1.807) is 0 Å². The molecule has 0 amide bonds. The van der Waals surface area contributed by atoms with Gasteiger partial charge in [0.05, 0.1) is 12.2 Å². The van der Waals surface area contributed by atoms with Crippen molar-refractivity contribution in [2.24, 2.45) is 0 Å². The van der Waals surface area contributed by atoms with Gasteiger partial charge in [0.2, 0.25) is 0 Å². The summed E-state index contributed by atoms with van der Waals surface area (Å²) in [6.07, 6.45) is 5.27. The van der Waals surface area contributed by atoms with E-state index < -0.39 is 0 Å². The van der Waals surface area contributed by atoms with Crippen LogP contribution in [0.15, 0.2) is 60.7 Å². The van der Waals surface area contributed by atoms with Crippen molar-refractivity contribution in [3.63, 3.8) is 0 Å². The van der Waals surface area contributed by atoms with Crippen molar-refractivity contribution in [1.82, 2.24) is 0 Å². The van der Waals surface area contributed by atoms with E-state index in [2.05, 4.69) is 60.7 Å². The van der Waals surface area contributed by atoms with Crippen LogP contribution in [0, 0.1) is 0 Å². The summed E-state index contributed by atoms with van der Waals surface area (Å²) < 4.78 is 11.5. The van der Waals surface area contributed by atoms with E-state index in [4.69, 9.17) is 9.47 Å². The summed E-state index contributed by atoms with van der Waals surface area (Å²) in [6.45, 7) is 2.71. The Morgan fingerprint density at radius 1 is 1.00 bits per heavy atom. The lowest BCUT2D eigenvalue weighted by atomic mass is 9.78. The molecule has 1 unspecified atom stereocenters. The number of hydrogen-bond donors (Lipinski definition) is 0. The minimum Gasteiger partial charge on any atom is -0.494 e. The molecule has 0 saturated carbocycles. The highest BCUT2D eigenvalue weighted by Gasteiger charge is 2.33. The van der Waals surface area contributed by atoms with Crippen molar-refractivity contribution in [2.75, 3.05) is 13.7 Å². The summed E-state index contributed by atoms with van der Waals surface area (Å²) in [5.74, 6) is 0.934. The lowest BCUT2D eigenvalue weighted by molar-refractivity contribution is -0.0213. The Balaban J connectivity index is 1.79. The molecule has 1 atom stereocenters. The second-order valence-corrected chi connectivity index (χ2v) is 5.96. The van der Waals surface area contributed by atoms with Crippen molar-refractivity contribution < 1.29 is 9.47 Å². The third kappa shape index (κ3) is 3.32. The van der Waals surface area contributed by atoms with Crippen LogP contribution in [0.5, 0.6) is 5.75 Å². The first kappa shape index (κ1) is 15.8. The van der Waals surface area contributed by atoms with Crippen LogP contribution in [0.25, 0.3) is 5.57 Å². The Morgan fingerprint density at radius 2 is 1.74 bits per heavy atom. The molecule has 0 aliphatic heterocycles. The molecule has 0 saturated heterocycles. The van der Waals surface area contributed by atoms with Gasteiger partial charge in [0.1, 0.15) is 5.75 Å². The number of benzene rings is 2. The normalized spacial score (nSPS) is 20.9. The van der Waals surface area contributed by atoms with Crippen molar-refractivity contribution in [1.29, 1.82) is 0 Å². The number of ether oxygens (including phenoxy) is 2. The van der Waals surface area contributed by atoms with Crippen LogP contribution < -0.4 is 4.74 Å². The van der Waals surface area contributed by atoms with E-state index in [9.17, 15) is 0 Å². The minimum atomic E-state index is -0.185. The second kappa shape index (κ2) is 7.01. The summed E-state index contributed by atoms with van der Waals surface area (Å²) in [5, 5.41) is 0. The molecule has 2 aromatic carbocycles. The molecule has 2 nitrogen and oxygen atoms in total. The molecule has 2 aromatic rings. The molecule has 0 N–H and O–H groups in total. The zero-order valence-corrected chi connectivity index (χ0v) is 13.9. The monoisotopic (exact) mass is 308 g/mol. The first-order chi connectivity index (χ1) is 11.3. The largest absolute Gasteiger partial charge is 0.494 e. The van der Waals surface area contributed by atoms with Crippen molar-refractivity contribution in [3.05, 3.63) is 71.8 Å². The molecule has 0 bridgehead atoms. The van der Waals surface area contributed by atoms with E-state index in [0.29, 0.717) is 6.61 Å². The molecule has 0 fully saturated rings. The first-order valence-electron chi connectivity index (χ1n) is 8.30. The van der Waals surface area contributed by atoms with Gasteiger partial charge in [0, 0.05) is 7.11 Å². The smallest absolute Gasteiger partial charge is 0.119 e. The Morgan fingerprint density at radius 3 is 2.30 bits per heavy atom. The van der Waals surface area contributed by atoms with Crippen molar-refractivity contribution >= 4 is 5.57 Å². The van der Waals surface area contributed by atoms with Crippen LogP contribution in [-0.2, 0) is 10.3 Å². The van der Waals surface area contributed by atoms with Crippen LogP contribution in [0.1, 0.15) is 37.3 Å². The van der Waals surface area contributed by atoms with Gasteiger partial charge in [-0.2, -0.15) is 0 Å². The summed E-state index contributed by atoms with van der Waals surface area (Å²) >= 11 is 0. The molecule has 0 spiro atoms. The molecule has 1 aliphatic carbocycles. The number of hydrogen-bond acceptors (Lipinski definition) is 2. The van der Waals surface area contributed by atoms with Crippen LogP contribution in [0.4, 0.5) is 0 Å². The van der Waals surface area contributed by atoms with Crippen LogP contribution in [0.2, 0.25) is 0 Å². The zero-order valence-electron chi connectivity index (χ0n) is 13.9. The van der Waals surface area contributed by atoms with Gasteiger partial charge >= 0.3 is 0 Å². The quantitative estimate of drug-likeness (QED) is 0.756. The van der Waals surface area contributed by atoms with Gasteiger partial charge in [-0.15, -0.1) is 0 Å². The molecule has 2 heteroatoms. The predicted octanol–water partition coefficient (Wildman–Crippen LogP) is 5.19. The van der Waals surface area contributed by atoms with Gasteiger partial charge in [0.15, 0.2) is 0 Å². The molecule has 0 radical (unpaired) electrons.